The Morgan fingerprint density at radius 3 is 2.61 bits per heavy atom. The third kappa shape index (κ3) is 3.46. The van der Waals surface area contributed by atoms with Crippen molar-refractivity contribution in [2.75, 3.05) is 0 Å². The van der Waals surface area contributed by atoms with Gasteiger partial charge in [-0.05, 0) is 17.2 Å². The van der Waals surface area contributed by atoms with Gasteiger partial charge in [-0.3, -0.25) is 4.79 Å². The van der Waals surface area contributed by atoms with E-state index in [1.807, 2.05) is 41.1 Å². The van der Waals surface area contributed by atoms with Crippen molar-refractivity contribution in [3.05, 3.63) is 84.4 Å². The van der Waals surface area contributed by atoms with Gasteiger partial charge < -0.3 is 15.0 Å². The van der Waals surface area contributed by atoms with Gasteiger partial charge in [-0.2, -0.15) is 0 Å². The maximum absolute atomic E-state index is 12.1. The molecule has 116 valence electrons. The second kappa shape index (κ2) is 6.89. The van der Waals surface area contributed by atoms with Crippen LogP contribution in [0.15, 0.2) is 73.3 Å². The first kappa shape index (κ1) is 15.0. The first-order valence-corrected chi connectivity index (χ1v) is 7.32. The SMILES string of the molecule is O=C(NCc1ccccc1-n1ccnc1)[C@H](O)c1ccccc1. The molecule has 0 saturated carbocycles. The zero-order valence-corrected chi connectivity index (χ0v) is 12.5. The molecule has 0 saturated heterocycles. The van der Waals surface area contributed by atoms with Gasteiger partial charge in [-0.25, -0.2) is 4.98 Å². The predicted molar refractivity (Wildman–Crippen MR) is 86.8 cm³/mol. The second-order valence-corrected chi connectivity index (χ2v) is 5.13. The number of rotatable bonds is 5. The Morgan fingerprint density at radius 2 is 1.87 bits per heavy atom. The van der Waals surface area contributed by atoms with E-state index in [1.165, 1.54) is 0 Å². The molecular formula is C18H17N3O2. The summed E-state index contributed by atoms with van der Waals surface area (Å²) >= 11 is 0. The van der Waals surface area contributed by atoms with E-state index in [2.05, 4.69) is 10.3 Å². The summed E-state index contributed by atoms with van der Waals surface area (Å²) in [7, 11) is 0. The molecule has 2 N–H and O–H groups in total. The monoisotopic (exact) mass is 307 g/mol. The van der Waals surface area contributed by atoms with Crippen molar-refractivity contribution in [2.24, 2.45) is 0 Å². The molecule has 3 aromatic rings. The van der Waals surface area contributed by atoms with Crippen LogP contribution in [-0.2, 0) is 11.3 Å². The van der Waals surface area contributed by atoms with Crippen LogP contribution in [-0.4, -0.2) is 20.6 Å². The van der Waals surface area contributed by atoms with Crippen molar-refractivity contribution in [3.8, 4) is 5.69 Å². The number of benzene rings is 2. The number of aliphatic hydroxyl groups is 1. The van der Waals surface area contributed by atoms with Gasteiger partial charge in [0, 0.05) is 18.9 Å². The van der Waals surface area contributed by atoms with Crippen LogP contribution < -0.4 is 5.32 Å². The fraction of sp³-hybridized carbons (Fsp3) is 0.111. The Morgan fingerprint density at radius 1 is 1.13 bits per heavy atom. The lowest BCUT2D eigenvalue weighted by Crippen LogP contribution is -2.29. The van der Waals surface area contributed by atoms with Crippen LogP contribution in [0.5, 0.6) is 0 Å². The molecule has 0 bridgehead atoms. The minimum Gasteiger partial charge on any atom is -0.378 e. The van der Waals surface area contributed by atoms with Gasteiger partial charge in [-0.15, -0.1) is 0 Å². The molecule has 2 aromatic carbocycles. The van der Waals surface area contributed by atoms with Crippen molar-refractivity contribution in [2.45, 2.75) is 12.6 Å². The summed E-state index contributed by atoms with van der Waals surface area (Å²) in [6.45, 7) is 0.330. The van der Waals surface area contributed by atoms with E-state index < -0.39 is 12.0 Å². The maximum atomic E-state index is 12.1. The van der Waals surface area contributed by atoms with Crippen LogP contribution in [0.3, 0.4) is 0 Å². The summed E-state index contributed by atoms with van der Waals surface area (Å²) in [6.07, 6.45) is 4.09. The number of aliphatic hydroxyl groups excluding tert-OH is 1. The molecule has 5 heteroatoms. The fourth-order valence-corrected chi connectivity index (χ4v) is 2.38. The second-order valence-electron chi connectivity index (χ2n) is 5.13. The number of para-hydroxylation sites is 1. The first-order valence-electron chi connectivity index (χ1n) is 7.32. The molecule has 0 aliphatic rings. The quantitative estimate of drug-likeness (QED) is 0.759. The Labute approximate surface area is 134 Å². The average molecular weight is 307 g/mol. The number of aromatic nitrogens is 2. The van der Waals surface area contributed by atoms with E-state index in [0.29, 0.717) is 12.1 Å². The molecule has 0 unspecified atom stereocenters. The summed E-state index contributed by atoms with van der Waals surface area (Å²) in [5, 5.41) is 12.9. The number of nitrogens with zero attached hydrogens (tertiary/aromatic N) is 2. The number of carbonyl (C=O) groups excluding carboxylic acids is 1. The molecule has 1 heterocycles. The van der Waals surface area contributed by atoms with Gasteiger partial charge in [0.25, 0.3) is 5.91 Å². The molecule has 1 atom stereocenters. The van der Waals surface area contributed by atoms with E-state index >= 15 is 0 Å². The van der Waals surface area contributed by atoms with Gasteiger partial charge in [0.2, 0.25) is 0 Å². The number of nitrogens with one attached hydrogen (secondary N) is 1. The van der Waals surface area contributed by atoms with E-state index in [4.69, 9.17) is 0 Å². The van der Waals surface area contributed by atoms with E-state index in [0.717, 1.165) is 11.3 Å². The largest absolute Gasteiger partial charge is 0.378 e. The summed E-state index contributed by atoms with van der Waals surface area (Å²) in [4.78, 5) is 16.2. The van der Waals surface area contributed by atoms with Gasteiger partial charge in [-0.1, -0.05) is 48.5 Å². The van der Waals surface area contributed by atoms with Crippen LogP contribution in [0.1, 0.15) is 17.2 Å². The highest BCUT2D eigenvalue weighted by atomic mass is 16.3. The molecule has 0 fully saturated rings. The lowest BCUT2D eigenvalue weighted by Gasteiger charge is -2.14. The van der Waals surface area contributed by atoms with Crippen LogP contribution >= 0.6 is 0 Å². The van der Waals surface area contributed by atoms with Gasteiger partial charge >= 0.3 is 0 Å². The number of hydrogen-bond donors (Lipinski definition) is 2. The number of imidazole rings is 1. The third-order valence-corrected chi connectivity index (χ3v) is 3.59. The van der Waals surface area contributed by atoms with Crippen molar-refractivity contribution in [3.63, 3.8) is 0 Å². The standard InChI is InChI=1S/C18H17N3O2/c22-17(14-6-2-1-3-7-14)18(23)20-12-15-8-4-5-9-16(15)21-11-10-19-13-21/h1-11,13,17,22H,12H2,(H,20,23)/t17-/m1/s1. The maximum Gasteiger partial charge on any atom is 0.253 e. The van der Waals surface area contributed by atoms with Crippen LogP contribution in [0, 0.1) is 0 Å². The van der Waals surface area contributed by atoms with Gasteiger partial charge in [0.05, 0.1) is 12.0 Å². The third-order valence-electron chi connectivity index (χ3n) is 3.59. The Hall–Kier alpha value is -2.92. The van der Waals surface area contributed by atoms with Crippen LogP contribution in [0.2, 0.25) is 0 Å². The summed E-state index contributed by atoms with van der Waals surface area (Å²) in [5.74, 6) is -0.420. The molecule has 0 radical (unpaired) electrons. The normalized spacial score (nSPS) is 11.9. The smallest absolute Gasteiger partial charge is 0.253 e. The van der Waals surface area contributed by atoms with Gasteiger partial charge in [0.15, 0.2) is 6.10 Å². The fourth-order valence-electron chi connectivity index (χ4n) is 2.38. The lowest BCUT2D eigenvalue weighted by atomic mass is 10.1. The molecule has 1 aromatic heterocycles. The Balaban J connectivity index is 1.71. The molecule has 23 heavy (non-hydrogen) atoms. The highest BCUT2D eigenvalue weighted by Gasteiger charge is 2.17. The number of carbonyl (C=O) groups is 1. The molecule has 3 rings (SSSR count). The zero-order valence-electron chi connectivity index (χ0n) is 12.5. The lowest BCUT2D eigenvalue weighted by molar-refractivity contribution is -0.129. The van der Waals surface area contributed by atoms with E-state index in [9.17, 15) is 9.90 Å². The highest BCUT2D eigenvalue weighted by Crippen LogP contribution is 2.15. The van der Waals surface area contributed by atoms with Crippen LogP contribution in [0.25, 0.3) is 5.69 Å². The zero-order chi connectivity index (χ0) is 16.1. The molecule has 0 aliphatic carbocycles. The average Bonchev–Trinajstić information content (AvgIpc) is 3.14. The van der Waals surface area contributed by atoms with Crippen molar-refractivity contribution < 1.29 is 9.90 Å². The molecule has 0 aliphatic heterocycles. The minimum absolute atomic E-state index is 0.330. The van der Waals surface area contributed by atoms with Crippen molar-refractivity contribution in [1.82, 2.24) is 14.9 Å². The first-order chi connectivity index (χ1) is 11.3. The predicted octanol–water partition coefficient (Wildman–Crippen LogP) is 2.22. The van der Waals surface area contributed by atoms with E-state index in [-0.39, 0.29) is 0 Å². The van der Waals surface area contributed by atoms with Crippen molar-refractivity contribution >= 4 is 5.91 Å². The summed E-state index contributed by atoms with van der Waals surface area (Å²) in [5.41, 5.74) is 2.46. The minimum atomic E-state index is -1.17. The topological polar surface area (TPSA) is 67.2 Å². The summed E-state index contributed by atoms with van der Waals surface area (Å²) in [6, 6.07) is 16.6. The molecular weight excluding hydrogens is 290 g/mol. The highest BCUT2D eigenvalue weighted by molar-refractivity contribution is 5.81. The molecule has 5 nitrogen and oxygen atoms in total. The van der Waals surface area contributed by atoms with E-state index in [1.54, 1.807) is 36.8 Å². The summed E-state index contributed by atoms with van der Waals surface area (Å²) < 4.78 is 1.88. The number of amides is 1. The van der Waals surface area contributed by atoms with Crippen molar-refractivity contribution in [1.29, 1.82) is 0 Å². The van der Waals surface area contributed by atoms with Crippen LogP contribution in [0.4, 0.5) is 0 Å². The Kier molecular flexibility index (Phi) is 4.49. The number of hydrogen-bond acceptors (Lipinski definition) is 3. The molecule has 1 amide bonds. The molecule has 0 spiro atoms. The van der Waals surface area contributed by atoms with Gasteiger partial charge in [0.1, 0.15) is 0 Å². The Bertz CT molecular complexity index is 770.